The monoisotopic (exact) mass is 425 g/mol. The number of hydrogen-bond acceptors (Lipinski definition) is 3. The van der Waals surface area contributed by atoms with Gasteiger partial charge in [-0.1, -0.05) is 54.6 Å². The van der Waals surface area contributed by atoms with Crippen molar-refractivity contribution in [3.05, 3.63) is 83.4 Å². The van der Waals surface area contributed by atoms with Crippen LogP contribution in [0.4, 0.5) is 5.69 Å². The Balaban J connectivity index is 1.49. The number of benzene rings is 3. The van der Waals surface area contributed by atoms with Crippen molar-refractivity contribution in [2.24, 2.45) is 5.10 Å². The zero-order valence-corrected chi connectivity index (χ0v) is 19.5. The van der Waals surface area contributed by atoms with Crippen molar-refractivity contribution in [2.75, 3.05) is 4.90 Å². The predicted octanol–water partition coefficient (Wildman–Crippen LogP) is 5.94. The van der Waals surface area contributed by atoms with Crippen molar-refractivity contribution in [1.82, 2.24) is 5.43 Å². The molecule has 0 saturated carbocycles. The molecule has 32 heavy (non-hydrogen) atoms. The van der Waals surface area contributed by atoms with Crippen LogP contribution in [0.15, 0.2) is 71.8 Å². The Labute approximate surface area is 190 Å². The standard InChI is InChI=1S/C28H31N3O/c1-19(2)31-26-14-13-21(15-25(26)20(3)17-28(31,4)5)18-29-30-27(32)16-23-11-8-10-22-9-6-7-12-24(22)23/h6-15,17-19H,16H2,1-5H3,(H,30,32)/b29-18+. The molecular weight excluding hydrogens is 394 g/mol. The van der Waals surface area contributed by atoms with E-state index >= 15 is 0 Å². The highest BCUT2D eigenvalue weighted by Gasteiger charge is 2.32. The molecule has 3 aromatic rings. The molecule has 0 fully saturated rings. The molecule has 1 N–H and O–H groups in total. The molecule has 1 aliphatic heterocycles. The number of anilines is 1. The average Bonchev–Trinajstić information content (AvgIpc) is 2.73. The van der Waals surface area contributed by atoms with Gasteiger partial charge in [0, 0.05) is 17.3 Å². The van der Waals surface area contributed by atoms with Crippen LogP contribution in [0.2, 0.25) is 0 Å². The first-order chi connectivity index (χ1) is 15.3. The van der Waals surface area contributed by atoms with Gasteiger partial charge in [-0.15, -0.1) is 0 Å². The zero-order chi connectivity index (χ0) is 22.9. The molecule has 1 heterocycles. The summed E-state index contributed by atoms with van der Waals surface area (Å²) in [7, 11) is 0. The maximum Gasteiger partial charge on any atom is 0.244 e. The molecule has 1 aliphatic rings. The molecule has 4 nitrogen and oxygen atoms in total. The van der Waals surface area contributed by atoms with Crippen LogP contribution in [0.1, 0.15) is 51.3 Å². The van der Waals surface area contributed by atoms with Crippen molar-refractivity contribution in [2.45, 2.75) is 52.6 Å². The van der Waals surface area contributed by atoms with E-state index in [1.54, 1.807) is 6.21 Å². The van der Waals surface area contributed by atoms with Gasteiger partial charge in [-0.2, -0.15) is 5.10 Å². The van der Waals surface area contributed by atoms with Gasteiger partial charge in [-0.05, 0) is 74.2 Å². The second-order valence-corrected chi connectivity index (χ2v) is 9.33. The normalized spacial score (nSPS) is 15.2. The minimum Gasteiger partial charge on any atom is -0.360 e. The minimum absolute atomic E-state index is 0.0313. The first kappa shape index (κ1) is 21.8. The molecule has 0 bridgehead atoms. The number of rotatable bonds is 5. The van der Waals surface area contributed by atoms with Crippen LogP contribution in [-0.4, -0.2) is 23.7 Å². The Bertz CT molecular complexity index is 1220. The van der Waals surface area contributed by atoms with E-state index in [0.717, 1.165) is 21.9 Å². The number of hydrazone groups is 1. The lowest BCUT2D eigenvalue weighted by Crippen LogP contribution is -2.49. The Morgan fingerprint density at radius 2 is 1.84 bits per heavy atom. The van der Waals surface area contributed by atoms with Gasteiger partial charge in [0.2, 0.25) is 5.91 Å². The summed E-state index contributed by atoms with van der Waals surface area (Å²) < 4.78 is 0. The molecule has 0 radical (unpaired) electrons. The predicted molar refractivity (Wildman–Crippen MR) is 135 cm³/mol. The molecular formula is C28H31N3O. The summed E-state index contributed by atoms with van der Waals surface area (Å²) >= 11 is 0. The summed E-state index contributed by atoms with van der Waals surface area (Å²) in [5, 5.41) is 6.45. The molecule has 164 valence electrons. The molecule has 4 heteroatoms. The Kier molecular flexibility index (Phi) is 5.88. The third-order valence-corrected chi connectivity index (χ3v) is 6.05. The topological polar surface area (TPSA) is 44.7 Å². The van der Waals surface area contributed by atoms with Gasteiger partial charge in [0.15, 0.2) is 0 Å². The number of allylic oxidation sites excluding steroid dienone is 1. The third kappa shape index (κ3) is 4.31. The number of fused-ring (bicyclic) bond motifs is 2. The SMILES string of the molecule is CC1=CC(C)(C)N(C(C)C)c2ccc(/C=N/NC(=O)Cc3cccc4ccccc34)cc21. The molecule has 4 rings (SSSR count). The van der Waals surface area contributed by atoms with Crippen LogP contribution in [0, 0.1) is 0 Å². The quantitative estimate of drug-likeness (QED) is 0.406. The molecule has 0 aliphatic carbocycles. The van der Waals surface area contributed by atoms with Crippen molar-refractivity contribution in [3.63, 3.8) is 0 Å². The Hall–Kier alpha value is -3.40. The Morgan fingerprint density at radius 1 is 1.09 bits per heavy atom. The van der Waals surface area contributed by atoms with E-state index in [2.05, 4.69) is 86.5 Å². The van der Waals surface area contributed by atoms with Gasteiger partial charge in [-0.25, -0.2) is 5.43 Å². The summed E-state index contributed by atoms with van der Waals surface area (Å²) in [5.74, 6) is -0.126. The molecule has 0 spiro atoms. The van der Waals surface area contributed by atoms with E-state index in [1.807, 2.05) is 30.3 Å². The highest BCUT2D eigenvalue weighted by atomic mass is 16.2. The summed E-state index contributed by atoms with van der Waals surface area (Å²) in [5.41, 5.74) is 8.33. The molecule has 3 aromatic carbocycles. The minimum atomic E-state index is -0.126. The maximum atomic E-state index is 12.5. The van der Waals surface area contributed by atoms with Gasteiger partial charge >= 0.3 is 0 Å². The van der Waals surface area contributed by atoms with E-state index in [9.17, 15) is 4.79 Å². The maximum absolute atomic E-state index is 12.5. The van der Waals surface area contributed by atoms with Gasteiger partial charge in [0.25, 0.3) is 0 Å². The van der Waals surface area contributed by atoms with Crippen LogP contribution in [-0.2, 0) is 11.2 Å². The summed E-state index contributed by atoms with van der Waals surface area (Å²) in [6.07, 6.45) is 4.33. The zero-order valence-electron chi connectivity index (χ0n) is 19.5. The lowest BCUT2D eigenvalue weighted by Gasteiger charge is -2.46. The molecule has 1 amide bonds. The molecule has 0 unspecified atom stereocenters. The lowest BCUT2D eigenvalue weighted by atomic mass is 9.87. The lowest BCUT2D eigenvalue weighted by molar-refractivity contribution is -0.120. The number of hydrogen-bond donors (Lipinski definition) is 1. The number of carbonyl (C=O) groups is 1. The van der Waals surface area contributed by atoms with E-state index in [-0.39, 0.29) is 11.4 Å². The van der Waals surface area contributed by atoms with Crippen LogP contribution >= 0.6 is 0 Å². The van der Waals surface area contributed by atoms with Gasteiger partial charge in [0.05, 0.1) is 18.2 Å². The van der Waals surface area contributed by atoms with E-state index in [4.69, 9.17) is 0 Å². The highest BCUT2D eigenvalue weighted by Crippen LogP contribution is 2.40. The van der Waals surface area contributed by atoms with Crippen molar-refractivity contribution in [1.29, 1.82) is 0 Å². The van der Waals surface area contributed by atoms with E-state index in [0.29, 0.717) is 12.5 Å². The molecule has 0 saturated heterocycles. The van der Waals surface area contributed by atoms with Gasteiger partial charge in [0.1, 0.15) is 0 Å². The Morgan fingerprint density at radius 3 is 2.62 bits per heavy atom. The largest absolute Gasteiger partial charge is 0.360 e. The molecule has 0 atom stereocenters. The smallest absolute Gasteiger partial charge is 0.244 e. The summed E-state index contributed by atoms with van der Waals surface area (Å²) in [6.45, 7) is 11.1. The van der Waals surface area contributed by atoms with Gasteiger partial charge < -0.3 is 4.90 Å². The van der Waals surface area contributed by atoms with Gasteiger partial charge in [-0.3, -0.25) is 4.79 Å². The summed E-state index contributed by atoms with van der Waals surface area (Å²) in [6, 6.07) is 20.9. The number of nitrogens with one attached hydrogen (secondary N) is 1. The number of carbonyl (C=O) groups excluding carboxylic acids is 1. The number of nitrogens with zero attached hydrogens (tertiary/aromatic N) is 2. The van der Waals surface area contributed by atoms with Crippen molar-refractivity contribution >= 4 is 34.2 Å². The van der Waals surface area contributed by atoms with E-state index in [1.165, 1.54) is 16.8 Å². The fraction of sp³-hybridized carbons (Fsp3) is 0.286. The second-order valence-electron chi connectivity index (χ2n) is 9.33. The van der Waals surface area contributed by atoms with Crippen LogP contribution in [0.5, 0.6) is 0 Å². The third-order valence-electron chi connectivity index (χ3n) is 6.05. The first-order valence-corrected chi connectivity index (χ1v) is 11.2. The average molecular weight is 426 g/mol. The van der Waals surface area contributed by atoms with Crippen molar-refractivity contribution < 1.29 is 4.79 Å². The van der Waals surface area contributed by atoms with E-state index < -0.39 is 0 Å². The fourth-order valence-electron chi connectivity index (χ4n) is 4.93. The first-order valence-electron chi connectivity index (χ1n) is 11.2. The van der Waals surface area contributed by atoms with Crippen molar-refractivity contribution in [3.8, 4) is 0 Å². The highest BCUT2D eigenvalue weighted by molar-refractivity contribution is 5.91. The van der Waals surface area contributed by atoms with Crippen LogP contribution in [0.25, 0.3) is 16.3 Å². The second kappa shape index (κ2) is 8.62. The molecule has 0 aromatic heterocycles. The van der Waals surface area contributed by atoms with Crippen LogP contribution in [0.3, 0.4) is 0 Å². The fourth-order valence-corrected chi connectivity index (χ4v) is 4.93. The summed E-state index contributed by atoms with van der Waals surface area (Å²) in [4.78, 5) is 14.9. The number of amides is 1. The van der Waals surface area contributed by atoms with Crippen LogP contribution < -0.4 is 10.3 Å².